The first kappa shape index (κ1) is 90.1. The molecule has 17 nitrogen and oxygen atoms in total. The van der Waals surface area contributed by atoms with Gasteiger partial charge < -0.3 is 33.8 Å². The molecule has 0 spiro atoms. The van der Waals surface area contributed by atoms with Crippen LogP contribution < -0.4 is 0 Å². The third-order valence-electron chi connectivity index (χ3n) is 17.0. The zero-order valence-electron chi connectivity index (χ0n) is 59.7. The van der Waals surface area contributed by atoms with Crippen molar-refractivity contribution >= 4 is 39.5 Å². The number of hydrogen-bond acceptors (Lipinski definition) is 15. The van der Waals surface area contributed by atoms with Gasteiger partial charge in [0.2, 0.25) is 0 Å². The highest BCUT2D eigenvalue weighted by atomic mass is 31.2. The lowest BCUT2D eigenvalue weighted by atomic mass is 10.0. The molecular formula is C73H142O17P2. The Hall–Kier alpha value is -1.94. The second kappa shape index (κ2) is 66.3. The van der Waals surface area contributed by atoms with Gasteiger partial charge in [0.15, 0.2) is 12.2 Å². The summed E-state index contributed by atoms with van der Waals surface area (Å²) in [4.78, 5) is 72.6. The van der Waals surface area contributed by atoms with Crippen LogP contribution in [0.1, 0.15) is 381 Å². The maximum absolute atomic E-state index is 13.0. The first-order valence-electron chi connectivity index (χ1n) is 38.1. The second-order valence-electron chi connectivity index (χ2n) is 26.8. The van der Waals surface area contributed by atoms with Crippen molar-refractivity contribution in [2.45, 2.75) is 400 Å². The van der Waals surface area contributed by atoms with Crippen molar-refractivity contribution in [2.24, 2.45) is 5.92 Å². The zero-order valence-corrected chi connectivity index (χ0v) is 61.5. The van der Waals surface area contributed by atoms with E-state index in [0.29, 0.717) is 25.7 Å². The minimum atomic E-state index is -4.95. The third-order valence-corrected chi connectivity index (χ3v) is 18.9. The number of ether oxygens (including phenoxy) is 4. The van der Waals surface area contributed by atoms with E-state index in [4.69, 9.17) is 37.0 Å². The smallest absolute Gasteiger partial charge is 0.462 e. The van der Waals surface area contributed by atoms with Gasteiger partial charge in [-0.05, 0) is 31.6 Å². The van der Waals surface area contributed by atoms with Crippen LogP contribution in [0, 0.1) is 5.92 Å². The number of phosphoric ester groups is 2. The van der Waals surface area contributed by atoms with Crippen LogP contribution in [0.15, 0.2) is 0 Å². The Bertz CT molecular complexity index is 1770. The number of carbonyl (C=O) groups excluding carboxylic acids is 4. The Labute approximate surface area is 562 Å². The van der Waals surface area contributed by atoms with Crippen LogP contribution >= 0.6 is 15.6 Å². The van der Waals surface area contributed by atoms with Crippen molar-refractivity contribution in [3.8, 4) is 0 Å². The van der Waals surface area contributed by atoms with Crippen LogP contribution in [0.3, 0.4) is 0 Å². The van der Waals surface area contributed by atoms with Gasteiger partial charge >= 0.3 is 39.5 Å². The molecule has 546 valence electrons. The molecule has 0 saturated heterocycles. The number of aliphatic hydroxyl groups excluding tert-OH is 1. The molecule has 0 radical (unpaired) electrons. The largest absolute Gasteiger partial charge is 0.472 e. The average molecular weight is 1350 g/mol. The van der Waals surface area contributed by atoms with Crippen molar-refractivity contribution in [3.63, 3.8) is 0 Å². The van der Waals surface area contributed by atoms with E-state index < -0.39 is 97.5 Å². The Morgan fingerprint density at radius 2 is 0.500 bits per heavy atom. The SMILES string of the molecule is CCCCCCCCCCCCCC(=O)OC[C@H](COP(=O)(O)OC[C@H](O)COP(=O)(O)OC[C@@H](COC(=O)CCCCCCCCCCCCC)OC(=O)CCCCCCCCCCCCCCCCCCC(C)C)OC(=O)CCCCCCCCCCCCC. The van der Waals surface area contributed by atoms with Crippen molar-refractivity contribution in [1.29, 1.82) is 0 Å². The second-order valence-corrected chi connectivity index (χ2v) is 29.7. The van der Waals surface area contributed by atoms with Gasteiger partial charge in [0, 0.05) is 25.7 Å². The molecule has 0 aliphatic carbocycles. The van der Waals surface area contributed by atoms with E-state index in [2.05, 4.69) is 34.6 Å². The Morgan fingerprint density at radius 3 is 0.739 bits per heavy atom. The summed E-state index contributed by atoms with van der Waals surface area (Å²) in [5.41, 5.74) is 0. The summed E-state index contributed by atoms with van der Waals surface area (Å²) >= 11 is 0. The molecule has 0 aromatic rings. The maximum Gasteiger partial charge on any atom is 0.472 e. The fraction of sp³-hybridized carbons (Fsp3) is 0.945. The standard InChI is InChI=1S/C73H142O17P2/c1-6-9-12-15-18-21-30-36-41-46-51-56-70(75)83-62-68(89-72(77)58-53-48-43-38-32-23-20-17-14-11-8-3)64-87-91(79,80)85-60-67(74)61-86-92(81,82)88-65-69(63-84-71(76)57-52-47-42-37-31-22-19-16-13-10-7-2)90-73(78)59-54-49-44-39-34-29-27-25-24-26-28-33-35-40-45-50-55-66(4)5/h66-69,74H,6-65H2,1-5H3,(H,79,80)(H,81,82)/t67-,68+,69+/m0/s1. The highest BCUT2D eigenvalue weighted by Gasteiger charge is 2.30. The lowest BCUT2D eigenvalue weighted by molar-refractivity contribution is -0.161. The molecule has 92 heavy (non-hydrogen) atoms. The molecule has 0 aliphatic rings. The molecule has 0 aliphatic heterocycles. The summed E-state index contributed by atoms with van der Waals surface area (Å²) in [6.07, 6.45) is 53.9. The molecule has 19 heteroatoms. The molecule has 5 atom stereocenters. The van der Waals surface area contributed by atoms with E-state index >= 15 is 0 Å². The van der Waals surface area contributed by atoms with E-state index in [9.17, 15) is 43.2 Å². The number of carbonyl (C=O) groups is 4. The van der Waals surface area contributed by atoms with Gasteiger partial charge in [0.05, 0.1) is 26.4 Å². The molecule has 0 fully saturated rings. The summed E-state index contributed by atoms with van der Waals surface area (Å²) < 4.78 is 68.4. The highest BCUT2D eigenvalue weighted by molar-refractivity contribution is 7.47. The van der Waals surface area contributed by atoms with E-state index in [1.165, 1.54) is 205 Å². The number of phosphoric acid groups is 2. The predicted octanol–water partition coefficient (Wildman–Crippen LogP) is 21.3. The van der Waals surface area contributed by atoms with Gasteiger partial charge in [-0.3, -0.25) is 37.3 Å². The summed E-state index contributed by atoms with van der Waals surface area (Å²) in [5, 5.41) is 10.6. The normalized spacial score (nSPS) is 14.0. The van der Waals surface area contributed by atoms with Crippen LogP contribution in [0.25, 0.3) is 0 Å². The number of esters is 4. The van der Waals surface area contributed by atoms with E-state index in [0.717, 1.165) is 95.8 Å². The summed E-state index contributed by atoms with van der Waals surface area (Å²) in [6, 6.07) is 0. The lowest BCUT2D eigenvalue weighted by Crippen LogP contribution is -2.30. The fourth-order valence-electron chi connectivity index (χ4n) is 11.2. The maximum atomic E-state index is 13.0. The van der Waals surface area contributed by atoms with Gasteiger partial charge in [0.1, 0.15) is 19.3 Å². The molecule has 0 bridgehead atoms. The molecule has 0 amide bonds. The Balaban J connectivity index is 5.20. The minimum absolute atomic E-state index is 0.107. The van der Waals surface area contributed by atoms with Crippen molar-refractivity contribution in [2.75, 3.05) is 39.6 Å². The molecular weight excluding hydrogens is 1210 g/mol. The fourth-order valence-corrected chi connectivity index (χ4v) is 12.8. The predicted molar refractivity (Wildman–Crippen MR) is 372 cm³/mol. The molecule has 0 rings (SSSR count). The Morgan fingerprint density at radius 1 is 0.293 bits per heavy atom. The quantitative estimate of drug-likeness (QED) is 0.0222. The molecule has 0 heterocycles. The summed E-state index contributed by atoms with van der Waals surface area (Å²) in [6.45, 7) is 7.29. The Kier molecular flexibility index (Phi) is 64.9. The van der Waals surface area contributed by atoms with Crippen LogP contribution in [-0.4, -0.2) is 96.7 Å². The first-order valence-corrected chi connectivity index (χ1v) is 41.1. The molecule has 2 unspecified atom stereocenters. The monoisotopic (exact) mass is 1350 g/mol. The van der Waals surface area contributed by atoms with E-state index in [1.54, 1.807) is 0 Å². The van der Waals surface area contributed by atoms with E-state index in [-0.39, 0.29) is 25.7 Å². The zero-order chi connectivity index (χ0) is 67.7. The van der Waals surface area contributed by atoms with Crippen LogP contribution in [0.2, 0.25) is 0 Å². The minimum Gasteiger partial charge on any atom is -0.462 e. The number of hydrogen-bond donors (Lipinski definition) is 3. The van der Waals surface area contributed by atoms with Crippen LogP contribution in [0.5, 0.6) is 0 Å². The van der Waals surface area contributed by atoms with Crippen LogP contribution in [-0.2, 0) is 65.4 Å². The number of aliphatic hydroxyl groups is 1. The highest BCUT2D eigenvalue weighted by Crippen LogP contribution is 2.45. The average Bonchev–Trinajstić information content (AvgIpc) is 3.23. The number of unbranched alkanes of at least 4 members (excludes halogenated alkanes) is 45. The molecule has 0 aromatic carbocycles. The van der Waals surface area contributed by atoms with Gasteiger partial charge in [-0.1, -0.05) is 330 Å². The summed E-state index contributed by atoms with van der Waals surface area (Å²) in [5.74, 6) is -1.31. The van der Waals surface area contributed by atoms with Gasteiger partial charge in [-0.15, -0.1) is 0 Å². The first-order chi connectivity index (χ1) is 44.5. The topological polar surface area (TPSA) is 237 Å². The summed E-state index contributed by atoms with van der Waals surface area (Å²) in [7, 11) is -9.90. The lowest BCUT2D eigenvalue weighted by Gasteiger charge is -2.21. The third kappa shape index (κ3) is 66.7. The molecule has 3 N–H and O–H groups in total. The van der Waals surface area contributed by atoms with Gasteiger partial charge in [-0.25, -0.2) is 9.13 Å². The van der Waals surface area contributed by atoms with Crippen molar-refractivity contribution in [1.82, 2.24) is 0 Å². The van der Waals surface area contributed by atoms with Gasteiger partial charge in [0.25, 0.3) is 0 Å². The van der Waals surface area contributed by atoms with Crippen molar-refractivity contribution in [3.05, 3.63) is 0 Å². The van der Waals surface area contributed by atoms with E-state index in [1.807, 2.05) is 0 Å². The van der Waals surface area contributed by atoms with Gasteiger partial charge in [-0.2, -0.15) is 0 Å². The number of rotatable bonds is 73. The van der Waals surface area contributed by atoms with Crippen LogP contribution in [0.4, 0.5) is 0 Å². The van der Waals surface area contributed by atoms with Crippen molar-refractivity contribution < 1.29 is 80.2 Å². The molecule has 0 aromatic heterocycles. The molecule has 0 saturated carbocycles.